The third-order valence-corrected chi connectivity index (χ3v) is 11.4. The molecule has 1 aliphatic heterocycles. The third-order valence-electron chi connectivity index (χ3n) is 10.4. The number of benzene rings is 2. The second-order valence-corrected chi connectivity index (χ2v) is 15.4. The van der Waals surface area contributed by atoms with Crippen LogP contribution < -0.4 is 11.1 Å². The van der Waals surface area contributed by atoms with Gasteiger partial charge in [-0.25, -0.2) is 13.6 Å². The number of imide groups is 1. The molecule has 1 fully saturated rings. The first-order valence-corrected chi connectivity index (χ1v) is 20.5. The van der Waals surface area contributed by atoms with Gasteiger partial charge < -0.3 is 25.6 Å². The summed E-state index contributed by atoms with van der Waals surface area (Å²) in [6.45, 7) is 1.40. The van der Waals surface area contributed by atoms with E-state index in [9.17, 15) is 33.5 Å². The van der Waals surface area contributed by atoms with E-state index in [1.165, 1.54) is 18.2 Å². The number of hydrogen-bond donors (Lipinski definition) is 3. The smallest absolute Gasteiger partial charge is 0.327 e. The Hall–Kier alpha value is -4.82. The monoisotopic (exact) mass is 791 g/mol. The molecule has 2 aromatic carbocycles. The van der Waals surface area contributed by atoms with E-state index in [4.69, 9.17) is 5.73 Å². The van der Waals surface area contributed by atoms with Gasteiger partial charge in [-0.15, -0.1) is 11.8 Å². The number of carbonyl (C=O) groups excluding carboxylic acids is 4. The number of halogens is 2. The van der Waals surface area contributed by atoms with Crippen LogP contribution >= 0.6 is 11.8 Å². The van der Waals surface area contributed by atoms with Crippen molar-refractivity contribution in [2.45, 2.75) is 82.8 Å². The summed E-state index contributed by atoms with van der Waals surface area (Å²) in [5, 5.41) is 12.5. The van der Waals surface area contributed by atoms with Gasteiger partial charge in [0.25, 0.3) is 11.8 Å². The highest BCUT2D eigenvalue weighted by Crippen LogP contribution is 2.41. The Balaban J connectivity index is 1.30. The van der Waals surface area contributed by atoms with Crippen LogP contribution in [0.15, 0.2) is 72.9 Å². The van der Waals surface area contributed by atoms with Crippen molar-refractivity contribution in [3.05, 3.63) is 95.8 Å². The van der Waals surface area contributed by atoms with Gasteiger partial charge in [-0.3, -0.25) is 24.1 Å². The lowest BCUT2D eigenvalue weighted by Crippen LogP contribution is -2.44. The van der Waals surface area contributed by atoms with E-state index < -0.39 is 35.6 Å². The fraction of sp³-hybridized carbons (Fsp3) is 0.452. The molecule has 5 rings (SSSR count). The Labute approximate surface area is 330 Å². The van der Waals surface area contributed by atoms with Gasteiger partial charge in [0.05, 0.1) is 11.8 Å². The van der Waals surface area contributed by atoms with E-state index in [1.54, 1.807) is 0 Å². The Kier molecular flexibility index (Phi) is 15.8. The summed E-state index contributed by atoms with van der Waals surface area (Å²) in [6, 6.07) is 13.4. The number of aliphatic carboxylic acids is 1. The van der Waals surface area contributed by atoms with E-state index in [-0.39, 0.29) is 53.7 Å². The predicted octanol–water partition coefficient (Wildman–Crippen LogP) is 6.07. The van der Waals surface area contributed by atoms with Crippen molar-refractivity contribution in [1.29, 1.82) is 0 Å². The number of unbranched alkanes of at least 4 members (excludes halogenated alkanes) is 2. The molecule has 0 bridgehead atoms. The van der Waals surface area contributed by atoms with Crippen molar-refractivity contribution in [2.24, 2.45) is 11.7 Å². The molecule has 1 saturated carbocycles. The summed E-state index contributed by atoms with van der Waals surface area (Å²) in [6.07, 6.45) is 11.2. The first-order chi connectivity index (χ1) is 27.0. The number of nitrogens with zero attached hydrogens (tertiary/aromatic N) is 3. The van der Waals surface area contributed by atoms with Crippen molar-refractivity contribution in [3.8, 4) is 11.1 Å². The minimum absolute atomic E-state index is 0.0365. The molecule has 1 aliphatic carbocycles. The summed E-state index contributed by atoms with van der Waals surface area (Å²) in [4.78, 5) is 65.6. The van der Waals surface area contributed by atoms with Gasteiger partial charge in [0, 0.05) is 67.0 Å². The summed E-state index contributed by atoms with van der Waals surface area (Å²) in [5.74, 6) is -3.67. The number of carbonyl (C=O) groups is 5. The zero-order valence-corrected chi connectivity index (χ0v) is 32.4. The van der Waals surface area contributed by atoms with Crippen molar-refractivity contribution < 1.29 is 37.9 Å². The molecule has 2 atom stereocenters. The number of carboxylic acid groups (broad SMARTS) is 1. The Morgan fingerprint density at radius 1 is 0.946 bits per heavy atom. The van der Waals surface area contributed by atoms with E-state index >= 15 is 4.39 Å². The number of nitrogens with two attached hydrogens (primary N) is 1. The van der Waals surface area contributed by atoms with E-state index in [2.05, 4.69) is 5.32 Å². The average Bonchev–Trinajstić information content (AvgIpc) is 3.75. The van der Waals surface area contributed by atoms with Crippen LogP contribution in [0.1, 0.15) is 81.5 Å². The molecule has 14 heteroatoms. The number of hydrogen-bond acceptors (Lipinski definition) is 7. The van der Waals surface area contributed by atoms with Crippen molar-refractivity contribution >= 4 is 41.4 Å². The predicted molar refractivity (Wildman–Crippen MR) is 211 cm³/mol. The maximum Gasteiger partial charge on any atom is 0.327 e. The molecule has 11 nitrogen and oxygen atoms in total. The van der Waals surface area contributed by atoms with Crippen LogP contribution in [-0.4, -0.2) is 86.3 Å². The number of nitrogens with one attached hydrogen (secondary N) is 1. The lowest BCUT2D eigenvalue weighted by Gasteiger charge is -2.39. The number of thioether (sulfide) groups is 1. The van der Waals surface area contributed by atoms with Gasteiger partial charge in [-0.05, 0) is 74.4 Å². The van der Waals surface area contributed by atoms with Gasteiger partial charge in [0.2, 0.25) is 11.8 Å². The molecule has 4 N–H and O–H groups in total. The molecular weight excluding hydrogens is 741 g/mol. The topological polar surface area (TPSA) is 155 Å². The first kappa shape index (κ1) is 42.3. The van der Waals surface area contributed by atoms with E-state index in [0.717, 1.165) is 72.2 Å². The van der Waals surface area contributed by atoms with Crippen molar-refractivity contribution in [1.82, 2.24) is 19.7 Å². The van der Waals surface area contributed by atoms with Crippen LogP contribution in [0.3, 0.4) is 0 Å². The van der Waals surface area contributed by atoms with Crippen LogP contribution in [-0.2, 0) is 30.5 Å². The second-order valence-electron chi connectivity index (χ2n) is 14.4. The molecule has 2 heterocycles. The quantitative estimate of drug-likeness (QED) is 0.0869. The standard InChI is InChI=1S/C42H51F2N5O6S/c43-32-16-17-34(44)33(24-32)31-23-36(47(26-31)25-29-11-4-1-5-12-29)41(30-13-6-2-7-14-30)49(22-10-20-45)40(53)28-56-27-35(42(54)55)46-37(50)15-8-3-9-21-48-38(51)18-19-39(48)52/h1,4-5,11-12,16-19,23-24,26,30,35,41H,2-3,6-10,13-15,20-22,25,27-28,45H2,(H,46,50)(H,54,55)/t35-,41+/m0/s1. The largest absolute Gasteiger partial charge is 0.480 e. The Morgan fingerprint density at radius 3 is 2.38 bits per heavy atom. The summed E-state index contributed by atoms with van der Waals surface area (Å²) in [5.41, 5.74) is 8.43. The molecule has 0 radical (unpaired) electrons. The summed E-state index contributed by atoms with van der Waals surface area (Å²) in [7, 11) is 0. The van der Waals surface area contributed by atoms with Gasteiger partial charge in [0.15, 0.2) is 0 Å². The lowest BCUT2D eigenvalue weighted by atomic mass is 9.81. The third kappa shape index (κ3) is 11.6. The van der Waals surface area contributed by atoms with Crippen molar-refractivity contribution in [3.63, 3.8) is 0 Å². The first-order valence-electron chi connectivity index (χ1n) is 19.4. The zero-order chi connectivity index (χ0) is 40.0. The molecule has 0 unspecified atom stereocenters. The van der Waals surface area contributed by atoms with E-state index in [0.29, 0.717) is 50.9 Å². The maximum atomic E-state index is 15.2. The number of rotatable bonds is 21. The van der Waals surface area contributed by atoms with Crippen LogP contribution in [0.5, 0.6) is 0 Å². The van der Waals surface area contributed by atoms with Crippen molar-refractivity contribution in [2.75, 3.05) is 31.1 Å². The summed E-state index contributed by atoms with van der Waals surface area (Å²) < 4.78 is 31.7. The normalized spacial score (nSPS) is 15.6. The highest BCUT2D eigenvalue weighted by molar-refractivity contribution is 8.00. The van der Waals surface area contributed by atoms with Crippen LogP contribution in [0, 0.1) is 17.6 Å². The fourth-order valence-electron chi connectivity index (χ4n) is 7.52. The van der Waals surface area contributed by atoms with Crippen LogP contribution in [0.25, 0.3) is 11.1 Å². The second kappa shape index (κ2) is 20.9. The molecule has 4 amide bonds. The number of aromatic nitrogens is 1. The van der Waals surface area contributed by atoms with Gasteiger partial charge in [-0.2, -0.15) is 0 Å². The van der Waals surface area contributed by atoms with Crippen LogP contribution in [0.4, 0.5) is 8.78 Å². The highest BCUT2D eigenvalue weighted by Gasteiger charge is 2.35. The Morgan fingerprint density at radius 2 is 1.68 bits per heavy atom. The Bertz CT molecular complexity index is 1850. The molecule has 56 heavy (non-hydrogen) atoms. The zero-order valence-electron chi connectivity index (χ0n) is 31.5. The number of amides is 4. The van der Waals surface area contributed by atoms with Crippen LogP contribution in [0.2, 0.25) is 0 Å². The fourth-order valence-corrected chi connectivity index (χ4v) is 8.44. The molecule has 1 aromatic heterocycles. The molecule has 0 saturated heterocycles. The highest BCUT2D eigenvalue weighted by atomic mass is 32.2. The SMILES string of the molecule is NCCCN(C(=O)CSC[C@H](NC(=O)CCCCCN1C(=O)C=CC1=O)C(=O)O)[C@@H](c1cc(-c2cc(F)ccc2F)cn1Cc1ccccc1)C1CCCCC1. The minimum atomic E-state index is -1.22. The molecule has 3 aromatic rings. The molecule has 2 aliphatic rings. The van der Waals surface area contributed by atoms with Gasteiger partial charge in [0.1, 0.15) is 17.7 Å². The molecule has 0 spiro atoms. The van der Waals surface area contributed by atoms with Gasteiger partial charge in [-0.1, -0.05) is 56.0 Å². The average molecular weight is 792 g/mol. The number of carboxylic acids is 1. The maximum absolute atomic E-state index is 15.2. The summed E-state index contributed by atoms with van der Waals surface area (Å²) >= 11 is 1.13. The van der Waals surface area contributed by atoms with Gasteiger partial charge >= 0.3 is 5.97 Å². The lowest BCUT2D eigenvalue weighted by molar-refractivity contribution is -0.141. The van der Waals surface area contributed by atoms with E-state index in [1.807, 2.05) is 52.1 Å². The minimum Gasteiger partial charge on any atom is -0.480 e. The molecule has 300 valence electrons. The molecular formula is C42H51F2N5O6S.